The first-order valence-corrected chi connectivity index (χ1v) is 6.75. The van der Waals surface area contributed by atoms with E-state index in [1.54, 1.807) is 30.3 Å². The van der Waals surface area contributed by atoms with E-state index in [9.17, 15) is 20.2 Å². The van der Waals surface area contributed by atoms with Crippen molar-refractivity contribution in [3.05, 3.63) is 86.0 Å². The van der Waals surface area contributed by atoms with Crippen LogP contribution in [0.4, 0.5) is 5.69 Å². The average Bonchev–Trinajstić information content (AvgIpc) is 3.01. The highest BCUT2D eigenvalue weighted by atomic mass is 16.7. The van der Waals surface area contributed by atoms with Crippen LogP contribution in [-0.2, 0) is 4.84 Å². The van der Waals surface area contributed by atoms with Gasteiger partial charge < -0.3 is 4.84 Å². The fourth-order valence-electron chi connectivity index (χ4n) is 2.44. The van der Waals surface area contributed by atoms with Crippen molar-refractivity contribution < 1.29 is 14.7 Å². The molecule has 2 atom stereocenters. The van der Waals surface area contributed by atoms with E-state index >= 15 is 0 Å². The molecule has 0 amide bonds. The normalized spacial score (nSPS) is 19.7. The van der Waals surface area contributed by atoms with Gasteiger partial charge >= 0.3 is 6.04 Å². The molecule has 3 rings (SSSR count). The highest BCUT2D eigenvalue weighted by Crippen LogP contribution is 2.32. The number of hydrogen-bond donors (Lipinski definition) is 0. The van der Waals surface area contributed by atoms with E-state index in [-0.39, 0.29) is 11.4 Å². The minimum absolute atomic E-state index is 0.0921. The van der Waals surface area contributed by atoms with Gasteiger partial charge in [0.25, 0.3) is 5.69 Å². The number of nitrogens with zero attached hydrogens (tertiary/aromatic N) is 3. The second kappa shape index (κ2) is 5.84. The van der Waals surface area contributed by atoms with Crippen LogP contribution in [0.25, 0.3) is 0 Å². The summed E-state index contributed by atoms with van der Waals surface area (Å²) in [5, 5.41) is 26.0. The Morgan fingerprint density at radius 1 is 0.957 bits per heavy atom. The molecule has 8 nitrogen and oxygen atoms in total. The zero-order chi connectivity index (χ0) is 16.4. The predicted molar refractivity (Wildman–Crippen MR) is 80.7 cm³/mol. The molecule has 0 aromatic heterocycles. The highest BCUT2D eigenvalue weighted by molar-refractivity contribution is 6.04. The lowest BCUT2D eigenvalue weighted by Crippen LogP contribution is -2.32. The summed E-state index contributed by atoms with van der Waals surface area (Å²) in [7, 11) is 0. The first kappa shape index (κ1) is 14.6. The van der Waals surface area contributed by atoms with Crippen LogP contribution in [-0.4, -0.2) is 21.6 Å². The molecule has 1 heterocycles. The van der Waals surface area contributed by atoms with Gasteiger partial charge in [-0.25, -0.2) is 0 Å². The van der Waals surface area contributed by atoms with Crippen LogP contribution in [0.5, 0.6) is 0 Å². The van der Waals surface area contributed by atoms with Gasteiger partial charge in [-0.05, 0) is 12.1 Å². The molecule has 0 fully saturated rings. The summed E-state index contributed by atoms with van der Waals surface area (Å²) in [6.07, 6.45) is -0.823. The Kier molecular flexibility index (Phi) is 3.71. The number of hydrogen-bond acceptors (Lipinski definition) is 6. The third-order valence-corrected chi connectivity index (χ3v) is 3.56. The monoisotopic (exact) mass is 313 g/mol. The van der Waals surface area contributed by atoms with Crippen molar-refractivity contribution in [2.24, 2.45) is 5.16 Å². The third kappa shape index (κ3) is 2.73. The van der Waals surface area contributed by atoms with E-state index < -0.39 is 22.0 Å². The van der Waals surface area contributed by atoms with Gasteiger partial charge in [0.05, 0.1) is 4.92 Å². The maximum absolute atomic E-state index is 11.5. The van der Waals surface area contributed by atoms with Crippen molar-refractivity contribution in [3.8, 4) is 0 Å². The van der Waals surface area contributed by atoms with Crippen molar-refractivity contribution in [1.82, 2.24) is 0 Å². The summed E-state index contributed by atoms with van der Waals surface area (Å²) < 4.78 is 0. The fraction of sp³-hybridized carbons (Fsp3) is 0.133. The molecular formula is C15H11N3O5. The lowest BCUT2D eigenvalue weighted by atomic mass is 9.95. The molecular weight excluding hydrogens is 302 g/mol. The molecule has 0 unspecified atom stereocenters. The van der Waals surface area contributed by atoms with Gasteiger partial charge in [-0.1, -0.05) is 35.5 Å². The Balaban J connectivity index is 1.93. The van der Waals surface area contributed by atoms with Crippen LogP contribution in [0.3, 0.4) is 0 Å². The molecule has 0 radical (unpaired) electrons. The minimum atomic E-state index is -1.17. The predicted octanol–water partition coefficient (Wildman–Crippen LogP) is 2.72. The Morgan fingerprint density at radius 2 is 1.61 bits per heavy atom. The Labute approximate surface area is 130 Å². The van der Waals surface area contributed by atoms with Crippen LogP contribution in [0.2, 0.25) is 0 Å². The molecule has 0 aliphatic carbocycles. The maximum Gasteiger partial charge on any atom is 0.301 e. The number of nitro groups is 2. The van der Waals surface area contributed by atoms with E-state index in [0.29, 0.717) is 11.1 Å². The van der Waals surface area contributed by atoms with Crippen LogP contribution >= 0.6 is 0 Å². The van der Waals surface area contributed by atoms with Crippen LogP contribution in [0.15, 0.2) is 59.8 Å². The molecule has 23 heavy (non-hydrogen) atoms. The number of nitro benzene ring substituents is 1. The highest BCUT2D eigenvalue weighted by Gasteiger charge is 2.45. The quantitative estimate of drug-likeness (QED) is 0.637. The van der Waals surface area contributed by atoms with Crippen LogP contribution in [0, 0.1) is 20.2 Å². The Morgan fingerprint density at radius 3 is 2.17 bits per heavy atom. The zero-order valence-corrected chi connectivity index (χ0v) is 11.7. The van der Waals surface area contributed by atoms with E-state index in [2.05, 4.69) is 5.16 Å². The van der Waals surface area contributed by atoms with Gasteiger partial charge in [0.2, 0.25) is 6.10 Å². The molecule has 0 saturated heterocycles. The summed E-state index contributed by atoms with van der Waals surface area (Å²) in [5.74, 6) is 0. The van der Waals surface area contributed by atoms with Gasteiger partial charge in [-0.15, -0.1) is 0 Å². The maximum atomic E-state index is 11.5. The van der Waals surface area contributed by atoms with Gasteiger partial charge in [0, 0.05) is 28.2 Å². The molecule has 0 N–H and O–H groups in total. The van der Waals surface area contributed by atoms with Crippen molar-refractivity contribution in [1.29, 1.82) is 0 Å². The third-order valence-electron chi connectivity index (χ3n) is 3.56. The van der Waals surface area contributed by atoms with E-state index in [0.717, 1.165) is 0 Å². The molecule has 0 saturated carbocycles. The smallest absolute Gasteiger partial charge is 0.301 e. The summed E-state index contributed by atoms with van der Waals surface area (Å²) in [4.78, 5) is 26.4. The lowest BCUT2D eigenvalue weighted by molar-refractivity contribution is -0.512. The zero-order valence-electron chi connectivity index (χ0n) is 11.7. The van der Waals surface area contributed by atoms with E-state index in [1.165, 1.54) is 24.3 Å². The number of oxime groups is 1. The number of rotatable bonds is 4. The summed E-state index contributed by atoms with van der Waals surface area (Å²) >= 11 is 0. The SMILES string of the molecule is O=[N+]([O-])c1ccc(C2=NO[C@@H](c3ccccc3)[C@H]2[N+](=O)[O-])cc1. The Bertz CT molecular complexity index is 773. The molecule has 0 spiro atoms. The molecule has 116 valence electrons. The molecule has 0 bridgehead atoms. The summed E-state index contributed by atoms with van der Waals surface area (Å²) in [6, 6.07) is 13.1. The standard InChI is InChI=1S/C15H11N3O5/c19-17(20)12-8-6-10(7-9-12)13-14(18(21)22)15(23-16-13)11-4-2-1-3-5-11/h1-9,14-15H/t14-,15-/m0/s1. The van der Waals surface area contributed by atoms with Gasteiger partial charge in [0.1, 0.15) is 0 Å². The number of benzene rings is 2. The fourth-order valence-corrected chi connectivity index (χ4v) is 2.44. The summed E-state index contributed by atoms with van der Waals surface area (Å²) in [5.41, 5.74) is 1.13. The lowest BCUT2D eigenvalue weighted by Gasteiger charge is -2.12. The van der Waals surface area contributed by atoms with Crippen molar-refractivity contribution in [3.63, 3.8) is 0 Å². The average molecular weight is 313 g/mol. The molecule has 2 aromatic rings. The topological polar surface area (TPSA) is 108 Å². The number of non-ortho nitro benzene ring substituents is 1. The van der Waals surface area contributed by atoms with Crippen LogP contribution in [0.1, 0.15) is 17.2 Å². The van der Waals surface area contributed by atoms with Crippen molar-refractivity contribution in [2.45, 2.75) is 12.1 Å². The second-order valence-corrected chi connectivity index (χ2v) is 4.95. The second-order valence-electron chi connectivity index (χ2n) is 4.95. The Hall–Kier alpha value is -3.29. The molecule has 8 heteroatoms. The first-order chi connectivity index (χ1) is 11.1. The largest absolute Gasteiger partial charge is 0.379 e. The van der Waals surface area contributed by atoms with Crippen LogP contribution < -0.4 is 0 Å². The molecule has 1 aliphatic heterocycles. The molecule has 2 aromatic carbocycles. The first-order valence-electron chi connectivity index (χ1n) is 6.75. The van der Waals surface area contributed by atoms with E-state index in [4.69, 9.17) is 4.84 Å². The van der Waals surface area contributed by atoms with Crippen molar-refractivity contribution in [2.75, 3.05) is 0 Å². The summed E-state index contributed by atoms with van der Waals surface area (Å²) in [6.45, 7) is 0. The van der Waals surface area contributed by atoms with Gasteiger partial charge in [-0.3, -0.25) is 20.2 Å². The molecule has 1 aliphatic rings. The van der Waals surface area contributed by atoms with E-state index in [1.807, 2.05) is 0 Å². The van der Waals surface area contributed by atoms with Gasteiger partial charge in [-0.2, -0.15) is 0 Å². The van der Waals surface area contributed by atoms with Crippen molar-refractivity contribution >= 4 is 11.4 Å². The minimum Gasteiger partial charge on any atom is -0.379 e. The van der Waals surface area contributed by atoms with Gasteiger partial charge in [0.15, 0.2) is 5.71 Å².